The lowest BCUT2D eigenvalue weighted by Crippen LogP contribution is -2.35. The van der Waals surface area contributed by atoms with Crippen molar-refractivity contribution in [2.24, 2.45) is 11.3 Å². The van der Waals surface area contributed by atoms with Crippen LogP contribution < -0.4 is 10.1 Å². The molecule has 0 aliphatic heterocycles. The molecule has 1 aliphatic rings. The molecule has 1 saturated carbocycles. The summed E-state index contributed by atoms with van der Waals surface area (Å²) in [6.45, 7) is 7.50. The number of hydrogen-bond donors (Lipinski definition) is 1. The van der Waals surface area contributed by atoms with Crippen LogP contribution >= 0.6 is 15.9 Å². The van der Waals surface area contributed by atoms with Crippen LogP contribution in [0.15, 0.2) is 28.7 Å². The highest BCUT2D eigenvalue weighted by molar-refractivity contribution is 9.10. The van der Waals surface area contributed by atoms with Crippen LogP contribution in [-0.4, -0.2) is 19.7 Å². The molecule has 1 fully saturated rings. The summed E-state index contributed by atoms with van der Waals surface area (Å²) < 4.78 is 6.84. The maximum Gasteiger partial charge on any atom is 0.119 e. The Morgan fingerprint density at radius 2 is 1.86 bits per heavy atom. The molecule has 0 atom stereocenters. The van der Waals surface area contributed by atoms with Crippen molar-refractivity contribution in [1.82, 2.24) is 5.32 Å². The van der Waals surface area contributed by atoms with Gasteiger partial charge in [0.2, 0.25) is 0 Å². The Hall–Kier alpha value is -0.540. The van der Waals surface area contributed by atoms with Gasteiger partial charge in [-0.15, -0.1) is 0 Å². The van der Waals surface area contributed by atoms with E-state index in [0.717, 1.165) is 35.8 Å². The third kappa shape index (κ3) is 5.63. The van der Waals surface area contributed by atoms with Gasteiger partial charge in [0.25, 0.3) is 0 Å². The van der Waals surface area contributed by atoms with E-state index in [-0.39, 0.29) is 0 Å². The van der Waals surface area contributed by atoms with E-state index in [9.17, 15) is 0 Å². The van der Waals surface area contributed by atoms with Crippen molar-refractivity contribution in [1.29, 1.82) is 0 Å². The number of halogens is 1. The fraction of sp³-hybridized carbons (Fsp3) is 0.667. The van der Waals surface area contributed by atoms with Crippen LogP contribution in [0.3, 0.4) is 0 Å². The van der Waals surface area contributed by atoms with Crippen molar-refractivity contribution in [2.45, 2.75) is 46.0 Å². The molecule has 0 amide bonds. The zero-order chi connectivity index (χ0) is 15.1. The number of ether oxygens (including phenoxy) is 1. The maximum atomic E-state index is 5.76. The molecule has 0 saturated heterocycles. The number of benzene rings is 1. The first-order valence-electron chi connectivity index (χ1n) is 8.19. The molecule has 21 heavy (non-hydrogen) atoms. The van der Waals surface area contributed by atoms with E-state index in [1.807, 2.05) is 24.3 Å². The summed E-state index contributed by atoms with van der Waals surface area (Å²) in [5.41, 5.74) is 0.547. The monoisotopic (exact) mass is 353 g/mol. The second kappa shape index (κ2) is 8.19. The van der Waals surface area contributed by atoms with Gasteiger partial charge in [-0.05, 0) is 54.9 Å². The zero-order valence-electron chi connectivity index (χ0n) is 13.3. The van der Waals surface area contributed by atoms with Gasteiger partial charge in [0, 0.05) is 17.6 Å². The molecule has 2 nitrogen and oxygen atoms in total. The standard InChI is InChI=1S/C18H28BrNO/c1-15(2)13-18(9-3-4-10-18)14-20-11-12-21-17-7-5-16(19)6-8-17/h5-8,15,20H,3-4,9-14H2,1-2H3. The maximum absolute atomic E-state index is 5.76. The van der Waals surface area contributed by atoms with Gasteiger partial charge < -0.3 is 10.1 Å². The minimum absolute atomic E-state index is 0.547. The minimum Gasteiger partial charge on any atom is -0.492 e. The van der Waals surface area contributed by atoms with Crippen LogP contribution in [0, 0.1) is 11.3 Å². The van der Waals surface area contributed by atoms with Gasteiger partial charge in [0.15, 0.2) is 0 Å². The van der Waals surface area contributed by atoms with E-state index in [1.165, 1.54) is 32.1 Å². The lowest BCUT2D eigenvalue weighted by Gasteiger charge is -2.31. The highest BCUT2D eigenvalue weighted by Crippen LogP contribution is 2.42. The van der Waals surface area contributed by atoms with Crippen molar-refractivity contribution >= 4 is 15.9 Å². The zero-order valence-corrected chi connectivity index (χ0v) is 14.9. The van der Waals surface area contributed by atoms with E-state index in [0.29, 0.717) is 5.41 Å². The molecule has 0 unspecified atom stereocenters. The summed E-state index contributed by atoms with van der Waals surface area (Å²) in [4.78, 5) is 0. The molecule has 0 radical (unpaired) electrons. The predicted molar refractivity (Wildman–Crippen MR) is 92.9 cm³/mol. The minimum atomic E-state index is 0.547. The third-order valence-corrected chi connectivity index (χ3v) is 4.90. The first kappa shape index (κ1) is 16.8. The van der Waals surface area contributed by atoms with Gasteiger partial charge in [-0.1, -0.05) is 42.6 Å². The molecule has 0 bridgehead atoms. The molecule has 2 rings (SSSR count). The molecule has 3 heteroatoms. The summed E-state index contributed by atoms with van der Waals surface area (Å²) in [5.74, 6) is 1.74. The van der Waals surface area contributed by atoms with Crippen LogP contribution in [0.25, 0.3) is 0 Å². The Balaban J connectivity index is 1.67. The molecule has 1 aliphatic carbocycles. The predicted octanol–water partition coefficient (Wildman–Crippen LogP) is 5.02. The molecule has 0 spiro atoms. The van der Waals surface area contributed by atoms with Crippen LogP contribution in [0.4, 0.5) is 0 Å². The fourth-order valence-corrected chi connectivity index (χ4v) is 3.83. The molecular weight excluding hydrogens is 326 g/mol. The Labute approximate surface area is 137 Å². The molecule has 0 heterocycles. The normalized spacial score (nSPS) is 17.3. The molecular formula is C18H28BrNO. The lowest BCUT2D eigenvalue weighted by molar-refractivity contribution is 0.216. The second-order valence-corrected chi connectivity index (χ2v) is 7.70. The molecule has 118 valence electrons. The van der Waals surface area contributed by atoms with Gasteiger partial charge >= 0.3 is 0 Å². The third-order valence-electron chi connectivity index (χ3n) is 4.37. The number of rotatable bonds is 8. The van der Waals surface area contributed by atoms with E-state index in [1.54, 1.807) is 0 Å². The molecule has 1 aromatic rings. The highest BCUT2D eigenvalue weighted by atomic mass is 79.9. The smallest absolute Gasteiger partial charge is 0.119 e. The van der Waals surface area contributed by atoms with Crippen molar-refractivity contribution in [3.05, 3.63) is 28.7 Å². The number of hydrogen-bond acceptors (Lipinski definition) is 2. The average molecular weight is 354 g/mol. The Kier molecular flexibility index (Phi) is 6.56. The van der Waals surface area contributed by atoms with Crippen molar-refractivity contribution < 1.29 is 4.74 Å². The molecule has 1 N–H and O–H groups in total. The van der Waals surface area contributed by atoms with E-state index in [4.69, 9.17) is 4.74 Å². The Bertz CT molecular complexity index is 410. The van der Waals surface area contributed by atoms with Gasteiger partial charge in [0.1, 0.15) is 12.4 Å². The van der Waals surface area contributed by atoms with Crippen LogP contribution in [-0.2, 0) is 0 Å². The first-order chi connectivity index (χ1) is 10.1. The van der Waals surface area contributed by atoms with Gasteiger partial charge in [-0.2, -0.15) is 0 Å². The van der Waals surface area contributed by atoms with Crippen molar-refractivity contribution in [3.63, 3.8) is 0 Å². The Morgan fingerprint density at radius 3 is 2.48 bits per heavy atom. The summed E-state index contributed by atoms with van der Waals surface area (Å²) >= 11 is 3.43. The molecule has 1 aromatic carbocycles. The lowest BCUT2D eigenvalue weighted by atomic mass is 9.78. The fourth-order valence-electron chi connectivity index (χ4n) is 3.57. The molecule has 0 aromatic heterocycles. The quantitative estimate of drug-likeness (QED) is 0.662. The van der Waals surface area contributed by atoms with E-state index in [2.05, 4.69) is 35.1 Å². The van der Waals surface area contributed by atoms with Crippen molar-refractivity contribution in [3.8, 4) is 5.75 Å². The Morgan fingerprint density at radius 1 is 1.19 bits per heavy atom. The highest BCUT2D eigenvalue weighted by Gasteiger charge is 2.33. The largest absolute Gasteiger partial charge is 0.492 e. The summed E-state index contributed by atoms with van der Waals surface area (Å²) in [5, 5.41) is 3.62. The first-order valence-corrected chi connectivity index (χ1v) is 8.98. The van der Waals surface area contributed by atoms with E-state index >= 15 is 0 Å². The van der Waals surface area contributed by atoms with Gasteiger partial charge in [-0.3, -0.25) is 0 Å². The van der Waals surface area contributed by atoms with E-state index < -0.39 is 0 Å². The van der Waals surface area contributed by atoms with Crippen LogP contribution in [0.5, 0.6) is 5.75 Å². The summed E-state index contributed by atoms with van der Waals surface area (Å²) in [6.07, 6.45) is 6.96. The number of nitrogens with one attached hydrogen (secondary N) is 1. The SMILES string of the molecule is CC(C)CC1(CNCCOc2ccc(Br)cc2)CCCC1. The topological polar surface area (TPSA) is 21.3 Å². The van der Waals surface area contributed by atoms with Gasteiger partial charge in [0.05, 0.1) is 0 Å². The second-order valence-electron chi connectivity index (χ2n) is 6.78. The van der Waals surface area contributed by atoms with Crippen LogP contribution in [0.2, 0.25) is 0 Å². The van der Waals surface area contributed by atoms with Crippen LogP contribution in [0.1, 0.15) is 46.0 Å². The summed E-state index contributed by atoms with van der Waals surface area (Å²) in [7, 11) is 0. The van der Waals surface area contributed by atoms with Crippen molar-refractivity contribution in [2.75, 3.05) is 19.7 Å². The van der Waals surface area contributed by atoms with Gasteiger partial charge in [-0.25, -0.2) is 0 Å². The average Bonchev–Trinajstić information content (AvgIpc) is 2.88. The summed E-state index contributed by atoms with van der Waals surface area (Å²) in [6, 6.07) is 8.03.